The highest BCUT2D eigenvalue weighted by Crippen LogP contribution is 2.20. The number of benzene rings is 2. The van der Waals surface area contributed by atoms with Gasteiger partial charge in [-0.3, -0.25) is 4.79 Å². The summed E-state index contributed by atoms with van der Waals surface area (Å²) < 4.78 is 15.0. The molecule has 0 unspecified atom stereocenters. The van der Waals surface area contributed by atoms with Gasteiger partial charge in [0.1, 0.15) is 5.75 Å². The zero-order chi connectivity index (χ0) is 21.2. The van der Waals surface area contributed by atoms with E-state index in [1.807, 2.05) is 31.2 Å². The number of carbonyl (C=O) groups excluding carboxylic acids is 3. The van der Waals surface area contributed by atoms with Gasteiger partial charge in [-0.1, -0.05) is 25.1 Å². The summed E-state index contributed by atoms with van der Waals surface area (Å²) in [6, 6.07) is 11.5. The second kappa shape index (κ2) is 10.7. The van der Waals surface area contributed by atoms with Crippen molar-refractivity contribution in [3.05, 3.63) is 65.2 Å². The van der Waals surface area contributed by atoms with Gasteiger partial charge < -0.3 is 19.5 Å². The molecule has 2 aromatic rings. The lowest BCUT2D eigenvalue weighted by Gasteiger charge is -2.09. The molecule has 0 saturated heterocycles. The predicted molar refractivity (Wildman–Crippen MR) is 109 cm³/mol. The third-order valence-corrected chi connectivity index (χ3v) is 3.84. The molecule has 7 nitrogen and oxygen atoms in total. The molecule has 0 saturated carbocycles. The number of esters is 2. The normalized spacial score (nSPS) is 10.4. The second-order valence-electron chi connectivity index (χ2n) is 5.99. The Morgan fingerprint density at radius 3 is 2.17 bits per heavy atom. The number of hydrogen-bond donors (Lipinski definition) is 1. The molecule has 2 rings (SSSR count). The van der Waals surface area contributed by atoms with Crippen LogP contribution in [0, 0.1) is 0 Å². The van der Waals surface area contributed by atoms with Crippen LogP contribution in [0.15, 0.2) is 48.5 Å². The van der Waals surface area contributed by atoms with E-state index in [0.29, 0.717) is 12.4 Å². The van der Waals surface area contributed by atoms with Crippen molar-refractivity contribution >= 4 is 29.6 Å². The number of anilines is 1. The maximum absolute atomic E-state index is 12.3. The van der Waals surface area contributed by atoms with Crippen LogP contribution in [0.4, 0.5) is 5.69 Å². The molecule has 0 fully saturated rings. The van der Waals surface area contributed by atoms with E-state index in [1.54, 1.807) is 6.08 Å². The smallest absolute Gasteiger partial charge is 0.337 e. The second-order valence-corrected chi connectivity index (χ2v) is 5.99. The zero-order valence-corrected chi connectivity index (χ0v) is 16.6. The van der Waals surface area contributed by atoms with Gasteiger partial charge in [0.2, 0.25) is 5.91 Å². The summed E-state index contributed by atoms with van der Waals surface area (Å²) in [7, 11) is 2.46. The van der Waals surface area contributed by atoms with Crippen LogP contribution in [0.25, 0.3) is 6.08 Å². The van der Waals surface area contributed by atoms with Crippen LogP contribution in [0.1, 0.15) is 39.6 Å². The summed E-state index contributed by atoms with van der Waals surface area (Å²) in [6.07, 6.45) is 3.85. The number of amides is 1. The molecule has 0 aliphatic heterocycles. The Morgan fingerprint density at radius 1 is 0.966 bits per heavy atom. The number of nitrogens with one attached hydrogen (secondary N) is 1. The predicted octanol–water partition coefficient (Wildman–Crippen LogP) is 3.70. The number of hydrogen-bond acceptors (Lipinski definition) is 6. The summed E-state index contributed by atoms with van der Waals surface area (Å²) in [5.74, 6) is -1.03. The summed E-state index contributed by atoms with van der Waals surface area (Å²) in [6.45, 7) is 2.59. The van der Waals surface area contributed by atoms with Gasteiger partial charge >= 0.3 is 11.9 Å². The molecular formula is C22H23NO6. The third-order valence-electron chi connectivity index (χ3n) is 3.84. The van der Waals surface area contributed by atoms with Gasteiger partial charge in [-0.05, 0) is 36.8 Å². The van der Waals surface area contributed by atoms with Gasteiger partial charge in [0.15, 0.2) is 0 Å². The zero-order valence-electron chi connectivity index (χ0n) is 16.6. The van der Waals surface area contributed by atoms with Crippen molar-refractivity contribution in [2.24, 2.45) is 0 Å². The number of ether oxygens (including phenoxy) is 3. The van der Waals surface area contributed by atoms with Crippen molar-refractivity contribution in [3.63, 3.8) is 0 Å². The Kier molecular flexibility index (Phi) is 7.97. The fourth-order valence-corrected chi connectivity index (χ4v) is 2.48. The third kappa shape index (κ3) is 6.21. The lowest BCUT2D eigenvalue weighted by Crippen LogP contribution is -2.12. The van der Waals surface area contributed by atoms with E-state index >= 15 is 0 Å². The minimum atomic E-state index is -0.635. The standard InChI is InChI=1S/C22H23NO6/c1-4-11-29-19-8-6-5-7-15(19)9-10-20(24)23-18-13-16(21(25)27-2)12-17(14-18)22(26)28-3/h5-10,12-14H,4,11H2,1-3H3,(H,23,24)/b10-9+. The van der Waals surface area contributed by atoms with Crippen LogP contribution < -0.4 is 10.1 Å². The van der Waals surface area contributed by atoms with Crippen molar-refractivity contribution < 1.29 is 28.6 Å². The maximum Gasteiger partial charge on any atom is 0.337 e. The fourth-order valence-electron chi connectivity index (χ4n) is 2.48. The minimum absolute atomic E-state index is 0.119. The molecule has 0 atom stereocenters. The van der Waals surface area contributed by atoms with Crippen LogP contribution in [-0.2, 0) is 14.3 Å². The molecule has 1 N–H and O–H groups in total. The highest BCUT2D eigenvalue weighted by Gasteiger charge is 2.14. The van der Waals surface area contributed by atoms with Gasteiger partial charge in [-0.15, -0.1) is 0 Å². The topological polar surface area (TPSA) is 90.9 Å². The highest BCUT2D eigenvalue weighted by atomic mass is 16.5. The van der Waals surface area contributed by atoms with E-state index in [1.165, 1.54) is 38.5 Å². The lowest BCUT2D eigenvalue weighted by molar-refractivity contribution is -0.111. The average molecular weight is 397 g/mol. The molecule has 0 aliphatic rings. The maximum atomic E-state index is 12.3. The molecule has 0 aliphatic carbocycles. The van der Waals surface area contributed by atoms with E-state index in [-0.39, 0.29) is 16.8 Å². The number of para-hydroxylation sites is 1. The van der Waals surface area contributed by atoms with Crippen LogP contribution in [0.2, 0.25) is 0 Å². The average Bonchev–Trinajstić information content (AvgIpc) is 2.75. The Balaban J connectivity index is 2.21. The molecule has 0 spiro atoms. The Bertz CT molecular complexity index is 885. The Hall–Kier alpha value is -3.61. The number of methoxy groups -OCH3 is 2. The van der Waals surface area contributed by atoms with Crippen molar-refractivity contribution in [1.29, 1.82) is 0 Å². The summed E-state index contributed by atoms with van der Waals surface area (Å²) in [5, 5.41) is 2.63. The summed E-state index contributed by atoms with van der Waals surface area (Å²) in [5.41, 5.74) is 1.26. The SMILES string of the molecule is CCCOc1ccccc1/C=C/C(=O)Nc1cc(C(=O)OC)cc(C(=O)OC)c1. The van der Waals surface area contributed by atoms with Crippen molar-refractivity contribution in [2.45, 2.75) is 13.3 Å². The summed E-state index contributed by atoms with van der Waals surface area (Å²) in [4.78, 5) is 36.0. The van der Waals surface area contributed by atoms with Crippen LogP contribution >= 0.6 is 0 Å². The van der Waals surface area contributed by atoms with E-state index in [2.05, 4.69) is 14.8 Å². The molecule has 0 heterocycles. The van der Waals surface area contributed by atoms with E-state index < -0.39 is 17.8 Å². The molecule has 2 aromatic carbocycles. The Morgan fingerprint density at radius 2 is 1.59 bits per heavy atom. The fraction of sp³-hybridized carbons (Fsp3) is 0.227. The lowest BCUT2D eigenvalue weighted by atomic mass is 10.1. The van der Waals surface area contributed by atoms with Crippen LogP contribution in [0.5, 0.6) is 5.75 Å². The quantitative estimate of drug-likeness (QED) is 0.539. The van der Waals surface area contributed by atoms with E-state index in [9.17, 15) is 14.4 Å². The molecular weight excluding hydrogens is 374 g/mol. The molecule has 29 heavy (non-hydrogen) atoms. The first-order valence-corrected chi connectivity index (χ1v) is 9.01. The van der Waals surface area contributed by atoms with Gasteiger partial charge in [0, 0.05) is 17.3 Å². The number of carbonyl (C=O) groups is 3. The summed E-state index contributed by atoms with van der Waals surface area (Å²) >= 11 is 0. The first kappa shape index (κ1) is 21.7. The molecule has 0 radical (unpaired) electrons. The molecule has 1 amide bonds. The van der Waals surface area contributed by atoms with Crippen LogP contribution in [-0.4, -0.2) is 38.7 Å². The Labute approximate surface area is 169 Å². The van der Waals surface area contributed by atoms with Gasteiger partial charge in [0.25, 0.3) is 0 Å². The monoisotopic (exact) mass is 397 g/mol. The molecule has 152 valence electrons. The van der Waals surface area contributed by atoms with Crippen molar-refractivity contribution in [3.8, 4) is 5.75 Å². The van der Waals surface area contributed by atoms with Gasteiger partial charge in [-0.2, -0.15) is 0 Å². The van der Waals surface area contributed by atoms with Crippen LogP contribution in [0.3, 0.4) is 0 Å². The molecule has 0 aromatic heterocycles. The van der Waals surface area contributed by atoms with E-state index in [4.69, 9.17) is 4.74 Å². The highest BCUT2D eigenvalue weighted by molar-refractivity contribution is 6.04. The van der Waals surface area contributed by atoms with Gasteiger partial charge in [-0.25, -0.2) is 9.59 Å². The molecule has 0 bridgehead atoms. The largest absolute Gasteiger partial charge is 0.493 e. The number of rotatable bonds is 8. The molecule has 7 heteroatoms. The van der Waals surface area contributed by atoms with Gasteiger partial charge in [0.05, 0.1) is 32.0 Å². The first-order valence-electron chi connectivity index (χ1n) is 9.01. The van der Waals surface area contributed by atoms with Crippen molar-refractivity contribution in [1.82, 2.24) is 0 Å². The van der Waals surface area contributed by atoms with Crippen molar-refractivity contribution in [2.75, 3.05) is 26.1 Å². The first-order chi connectivity index (χ1) is 14.0. The van der Waals surface area contributed by atoms with E-state index in [0.717, 1.165) is 12.0 Å². The minimum Gasteiger partial charge on any atom is -0.493 e.